The molecule has 9 heteroatoms. The van der Waals surface area contributed by atoms with E-state index in [0.29, 0.717) is 28.1 Å². The molecule has 1 N–H and O–H groups in total. The first kappa shape index (κ1) is 18.2. The minimum atomic E-state index is -0.284. The molecule has 136 valence electrons. The van der Waals surface area contributed by atoms with Gasteiger partial charge in [0.2, 0.25) is 0 Å². The summed E-state index contributed by atoms with van der Waals surface area (Å²) in [5.74, 6) is 0.273. The number of rotatable bonds is 5. The molecular weight excluding hydrogens is 423 g/mol. The van der Waals surface area contributed by atoms with E-state index in [4.69, 9.17) is 23.2 Å². The van der Waals surface area contributed by atoms with Gasteiger partial charge in [0.05, 0.1) is 27.7 Å². The number of amides is 1. The molecule has 0 aliphatic carbocycles. The van der Waals surface area contributed by atoms with Crippen molar-refractivity contribution < 1.29 is 4.79 Å². The van der Waals surface area contributed by atoms with Crippen LogP contribution in [0.3, 0.4) is 0 Å². The summed E-state index contributed by atoms with van der Waals surface area (Å²) in [5, 5.41) is 12.6. The van der Waals surface area contributed by atoms with Crippen molar-refractivity contribution in [2.45, 2.75) is 6.54 Å². The molecule has 0 saturated heterocycles. The third-order valence-corrected chi connectivity index (χ3v) is 6.52. The van der Waals surface area contributed by atoms with E-state index in [0.717, 1.165) is 15.4 Å². The Labute approximate surface area is 173 Å². The van der Waals surface area contributed by atoms with Crippen molar-refractivity contribution in [1.29, 1.82) is 0 Å². The van der Waals surface area contributed by atoms with Crippen LogP contribution in [0.5, 0.6) is 0 Å². The Balaban J connectivity index is 1.51. The lowest BCUT2D eigenvalue weighted by Gasteiger charge is -2.10. The molecule has 0 atom stereocenters. The number of nitrogens with one attached hydrogen (secondary N) is 1. The summed E-state index contributed by atoms with van der Waals surface area (Å²) in [6.45, 7) is 0.388. The van der Waals surface area contributed by atoms with Crippen LogP contribution in [0, 0.1) is 0 Å². The minimum absolute atomic E-state index is 0.284. The van der Waals surface area contributed by atoms with Crippen LogP contribution in [0.4, 0.5) is 5.82 Å². The summed E-state index contributed by atoms with van der Waals surface area (Å²) in [6.07, 6.45) is 1.62. The number of hydrogen-bond acceptors (Lipinski definition) is 5. The van der Waals surface area contributed by atoms with Crippen LogP contribution in [0.15, 0.2) is 53.4 Å². The zero-order valence-electron chi connectivity index (χ0n) is 13.7. The van der Waals surface area contributed by atoms with Crippen molar-refractivity contribution in [3.8, 4) is 9.88 Å². The van der Waals surface area contributed by atoms with Crippen LogP contribution in [-0.2, 0) is 6.54 Å². The number of carbonyl (C=O) groups excluding carboxylic acids is 1. The van der Waals surface area contributed by atoms with Crippen LogP contribution < -0.4 is 5.32 Å². The summed E-state index contributed by atoms with van der Waals surface area (Å²) in [7, 11) is 0. The maximum absolute atomic E-state index is 12.6. The number of halogens is 2. The molecule has 0 fully saturated rings. The van der Waals surface area contributed by atoms with Gasteiger partial charge in [0.1, 0.15) is 16.5 Å². The van der Waals surface area contributed by atoms with E-state index in [-0.39, 0.29) is 5.91 Å². The molecule has 0 radical (unpaired) electrons. The van der Waals surface area contributed by atoms with Crippen molar-refractivity contribution in [1.82, 2.24) is 14.8 Å². The number of aromatic nitrogens is 3. The van der Waals surface area contributed by atoms with E-state index in [1.165, 1.54) is 11.3 Å². The first-order chi connectivity index (χ1) is 13.1. The van der Waals surface area contributed by atoms with Crippen molar-refractivity contribution in [2.24, 2.45) is 0 Å². The average Bonchev–Trinajstić information content (AvgIpc) is 3.40. The minimum Gasteiger partial charge on any atom is -0.305 e. The van der Waals surface area contributed by atoms with Gasteiger partial charge < -0.3 is 5.32 Å². The van der Waals surface area contributed by atoms with Gasteiger partial charge in [0, 0.05) is 11.4 Å². The molecule has 0 saturated carbocycles. The maximum atomic E-state index is 12.6. The second-order valence-electron chi connectivity index (χ2n) is 5.56. The fraction of sp³-hybridized carbons (Fsp3) is 0.0556. The van der Waals surface area contributed by atoms with Gasteiger partial charge in [-0.2, -0.15) is 5.10 Å². The second kappa shape index (κ2) is 7.82. The molecule has 0 aliphatic heterocycles. The first-order valence-corrected chi connectivity index (χ1v) is 10.4. The van der Waals surface area contributed by atoms with E-state index >= 15 is 0 Å². The van der Waals surface area contributed by atoms with E-state index in [1.54, 1.807) is 39.7 Å². The second-order valence-corrected chi connectivity index (χ2v) is 8.15. The Morgan fingerprint density at radius 2 is 2.04 bits per heavy atom. The van der Waals surface area contributed by atoms with E-state index < -0.39 is 0 Å². The van der Waals surface area contributed by atoms with Crippen molar-refractivity contribution >= 4 is 57.6 Å². The summed E-state index contributed by atoms with van der Waals surface area (Å²) in [6, 6.07) is 11.1. The first-order valence-electron chi connectivity index (χ1n) is 7.87. The summed E-state index contributed by atoms with van der Waals surface area (Å²) in [5.41, 5.74) is 1.19. The molecule has 4 rings (SSSR count). The standard InChI is InChI=1S/C18H12Cl2N4OS2/c19-12-4-1-3-11(16(12)20)9-24-15(6-7-21-24)23-17(25)13-10-27-18(22-13)14-5-2-8-26-14/h1-8,10H,9H2,(H,23,25). The number of thiophene rings is 1. The molecule has 3 heterocycles. The zero-order valence-corrected chi connectivity index (χ0v) is 16.9. The highest BCUT2D eigenvalue weighted by Crippen LogP contribution is 2.29. The summed E-state index contributed by atoms with van der Waals surface area (Å²) >= 11 is 15.3. The van der Waals surface area contributed by atoms with Crippen molar-refractivity contribution in [3.63, 3.8) is 0 Å². The third-order valence-electron chi connectivity index (χ3n) is 3.78. The fourth-order valence-electron chi connectivity index (χ4n) is 2.47. The van der Waals surface area contributed by atoms with Crippen molar-refractivity contribution in [3.05, 3.63) is 74.7 Å². The molecule has 4 aromatic rings. The lowest BCUT2D eigenvalue weighted by Crippen LogP contribution is -2.16. The van der Waals surface area contributed by atoms with Gasteiger partial charge >= 0.3 is 0 Å². The Morgan fingerprint density at radius 3 is 2.85 bits per heavy atom. The topological polar surface area (TPSA) is 59.8 Å². The van der Waals surface area contributed by atoms with Crippen LogP contribution in [0.1, 0.15) is 16.1 Å². The molecule has 27 heavy (non-hydrogen) atoms. The van der Waals surface area contributed by atoms with Gasteiger partial charge in [-0.1, -0.05) is 41.4 Å². The molecule has 5 nitrogen and oxygen atoms in total. The molecule has 0 unspecified atom stereocenters. The van der Waals surface area contributed by atoms with Gasteiger partial charge in [-0.15, -0.1) is 22.7 Å². The molecule has 1 amide bonds. The highest BCUT2D eigenvalue weighted by molar-refractivity contribution is 7.20. The SMILES string of the molecule is O=C(Nc1ccnn1Cc1cccc(Cl)c1Cl)c1csc(-c2cccs2)n1. The van der Waals surface area contributed by atoms with E-state index in [1.807, 2.05) is 29.6 Å². The third kappa shape index (κ3) is 3.91. The monoisotopic (exact) mass is 434 g/mol. The normalized spacial score (nSPS) is 10.9. The average molecular weight is 435 g/mol. The van der Waals surface area contributed by atoms with Gasteiger partial charge in [0.15, 0.2) is 0 Å². The largest absolute Gasteiger partial charge is 0.305 e. The molecule has 0 bridgehead atoms. The number of nitrogens with zero attached hydrogens (tertiary/aromatic N) is 3. The van der Waals surface area contributed by atoms with E-state index in [9.17, 15) is 4.79 Å². The van der Waals surface area contributed by atoms with Crippen LogP contribution in [0.2, 0.25) is 10.0 Å². The smallest absolute Gasteiger partial charge is 0.276 e. The predicted molar refractivity (Wildman–Crippen MR) is 111 cm³/mol. The Morgan fingerprint density at radius 1 is 1.15 bits per heavy atom. The van der Waals surface area contributed by atoms with E-state index in [2.05, 4.69) is 15.4 Å². The Kier molecular flexibility index (Phi) is 5.27. The zero-order chi connectivity index (χ0) is 18.8. The molecule has 1 aromatic carbocycles. The lowest BCUT2D eigenvalue weighted by molar-refractivity contribution is 0.102. The van der Waals surface area contributed by atoms with Crippen LogP contribution in [0.25, 0.3) is 9.88 Å². The quantitative estimate of drug-likeness (QED) is 0.439. The molecular formula is C18H12Cl2N4OS2. The number of thiazole rings is 1. The van der Waals surface area contributed by atoms with Gasteiger partial charge in [-0.05, 0) is 23.1 Å². The molecule has 3 aromatic heterocycles. The highest BCUT2D eigenvalue weighted by Gasteiger charge is 2.15. The Bertz CT molecular complexity index is 1090. The fourth-order valence-corrected chi connectivity index (χ4v) is 4.46. The van der Waals surface area contributed by atoms with Gasteiger partial charge in [-0.25, -0.2) is 9.67 Å². The van der Waals surface area contributed by atoms with Crippen LogP contribution >= 0.6 is 45.9 Å². The van der Waals surface area contributed by atoms with Crippen molar-refractivity contribution in [2.75, 3.05) is 5.32 Å². The Hall–Kier alpha value is -2.19. The number of carbonyl (C=O) groups is 1. The molecule has 0 aliphatic rings. The highest BCUT2D eigenvalue weighted by atomic mass is 35.5. The van der Waals surface area contributed by atoms with Crippen LogP contribution in [-0.4, -0.2) is 20.7 Å². The number of anilines is 1. The molecule has 0 spiro atoms. The number of benzene rings is 1. The number of hydrogen-bond donors (Lipinski definition) is 1. The summed E-state index contributed by atoms with van der Waals surface area (Å²) in [4.78, 5) is 18.0. The predicted octanol–water partition coefficient (Wildman–Crippen LogP) is 5.68. The van der Waals surface area contributed by atoms with Gasteiger partial charge in [-0.3, -0.25) is 4.79 Å². The van der Waals surface area contributed by atoms with Gasteiger partial charge in [0.25, 0.3) is 5.91 Å². The lowest BCUT2D eigenvalue weighted by atomic mass is 10.2. The summed E-state index contributed by atoms with van der Waals surface area (Å²) < 4.78 is 1.65. The maximum Gasteiger partial charge on any atom is 0.276 e.